The molecule has 2 heterocycles. The van der Waals surface area contributed by atoms with E-state index in [1.807, 2.05) is 0 Å². The molecule has 0 saturated heterocycles. The van der Waals surface area contributed by atoms with Gasteiger partial charge in [0.15, 0.2) is 11.5 Å². The molecule has 29 heavy (non-hydrogen) atoms. The summed E-state index contributed by atoms with van der Waals surface area (Å²) < 4.78 is 22.2. The van der Waals surface area contributed by atoms with Crippen LogP contribution in [-0.2, 0) is 0 Å². The molecule has 1 aromatic heterocycles. The third-order valence-corrected chi connectivity index (χ3v) is 4.32. The second-order valence-electron chi connectivity index (χ2n) is 6.45. The molecule has 0 radical (unpaired) electrons. The zero-order valence-electron chi connectivity index (χ0n) is 16.0. The first-order valence-corrected chi connectivity index (χ1v) is 9.50. The number of rotatable bonds is 7. The van der Waals surface area contributed by atoms with Crippen LogP contribution in [0.15, 0.2) is 46.9 Å². The Hall–Kier alpha value is -3.55. The lowest BCUT2D eigenvalue weighted by molar-refractivity contribution is 0.102. The van der Waals surface area contributed by atoms with Crippen molar-refractivity contribution in [2.45, 2.75) is 19.8 Å². The van der Waals surface area contributed by atoms with Gasteiger partial charge in [0.1, 0.15) is 19.0 Å². The second kappa shape index (κ2) is 8.64. The van der Waals surface area contributed by atoms with Crippen LogP contribution in [0.25, 0.3) is 11.5 Å². The predicted molar refractivity (Wildman–Crippen MR) is 106 cm³/mol. The van der Waals surface area contributed by atoms with Crippen LogP contribution in [0.4, 0.5) is 6.01 Å². The highest BCUT2D eigenvalue weighted by atomic mass is 16.6. The molecule has 0 fully saturated rings. The van der Waals surface area contributed by atoms with Gasteiger partial charge >= 0.3 is 6.01 Å². The average molecular weight is 395 g/mol. The average Bonchev–Trinajstić information content (AvgIpc) is 3.22. The van der Waals surface area contributed by atoms with E-state index in [0.717, 1.165) is 18.6 Å². The SMILES string of the molecule is CCCCOc1ccc(C(=O)Nc2nnc(-c3ccc4c(c3)OCCO4)o2)cc1. The first-order chi connectivity index (χ1) is 14.2. The molecular formula is C21H21N3O5. The molecular weight excluding hydrogens is 374 g/mol. The van der Waals surface area contributed by atoms with E-state index >= 15 is 0 Å². The van der Waals surface area contributed by atoms with E-state index < -0.39 is 0 Å². The van der Waals surface area contributed by atoms with Crippen LogP contribution in [-0.4, -0.2) is 35.9 Å². The highest BCUT2D eigenvalue weighted by Gasteiger charge is 2.17. The van der Waals surface area contributed by atoms with E-state index in [-0.39, 0.29) is 17.8 Å². The Morgan fingerprint density at radius 2 is 1.86 bits per heavy atom. The maximum absolute atomic E-state index is 12.4. The van der Waals surface area contributed by atoms with Crippen molar-refractivity contribution in [1.82, 2.24) is 10.2 Å². The number of hydrogen-bond acceptors (Lipinski definition) is 7. The molecule has 8 heteroatoms. The van der Waals surface area contributed by atoms with Crippen LogP contribution < -0.4 is 19.5 Å². The van der Waals surface area contributed by atoms with Crippen LogP contribution in [0, 0.1) is 0 Å². The molecule has 0 atom stereocenters. The summed E-state index contributed by atoms with van der Waals surface area (Å²) in [6.45, 7) is 3.78. The monoisotopic (exact) mass is 395 g/mol. The molecule has 3 aromatic rings. The quantitative estimate of drug-likeness (QED) is 0.605. The van der Waals surface area contributed by atoms with Crippen molar-refractivity contribution in [2.24, 2.45) is 0 Å². The van der Waals surface area contributed by atoms with Gasteiger partial charge in [-0.25, -0.2) is 0 Å². The predicted octanol–water partition coefficient (Wildman–Crippen LogP) is 3.94. The lowest BCUT2D eigenvalue weighted by Gasteiger charge is -2.18. The minimum absolute atomic E-state index is 0.0168. The number of carbonyl (C=O) groups excluding carboxylic acids is 1. The molecule has 0 aliphatic carbocycles. The molecule has 8 nitrogen and oxygen atoms in total. The number of unbranched alkanes of at least 4 members (excludes halogenated alkanes) is 1. The number of amides is 1. The summed E-state index contributed by atoms with van der Waals surface area (Å²) in [6, 6.07) is 12.3. The first kappa shape index (κ1) is 18.8. The standard InChI is InChI=1S/C21H21N3O5/c1-2-3-10-26-16-7-4-14(5-8-16)19(25)22-21-24-23-20(29-21)15-6-9-17-18(13-15)28-12-11-27-17/h4-9,13H,2-3,10-12H2,1H3,(H,22,24,25). The smallest absolute Gasteiger partial charge is 0.322 e. The van der Waals surface area contributed by atoms with Gasteiger partial charge in [-0.1, -0.05) is 18.4 Å². The molecule has 1 N–H and O–H groups in total. The summed E-state index contributed by atoms with van der Waals surface area (Å²) in [4.78, 5) is 12.4. The minimum Gasteiger partial charge on any atom is -0.494 e. The van der Waals surface area contributed by atoms with Gasteiger partial charge in [-0.05, 0) is 48.9 Å². The number of hydrogen-bond donors (Lipinski definition) is 1. The minimum atomic E-state index is -0.345. The summed E-state index contributed by atoms with van der Waals surface area (Å²) in [6.07, 6.45) is 2.06. The number of benzene rings is 2. The fraction of sp³-hybridized carbons (Fsp3) is 0.286. The Balaban J connectivity index is 1.40. The van der Waals surface area contributed by atoms with Crippen molar-refractivity contribution in [2.75, 3.05) is 25.1 Å². The molecule has 2 aromatic carbocycles. The molecule has 1 aliphatic heterocycles. The van der Waals surface area contributed by atoms with Crippen molar-refractivity contribution in [3.8, 4) is 28.7 Å². The zero-order chi connectivity index (χ0) is 20.1. The summed E-state index contributed by atoms with van der Waals surface area (Å²) in [5.74, 6) is 1.96. The van der Waals surface area contributed by atoms with E-state index in [0.29, 0.717) is 42.4 Å². The Kier molecular flexibility index (Phi) is 5.60. The van der Waals surface area contributed by atoms with Crippen LogP contribution in [0.5, 0.6) is 17.2 Å². The third kappa shape index (κ3) is 4.48. The lowest BCUT2D eigenvalue weighted by Crippen LogP contribution is -2.15. The summed E-state index contributed by atoms with van der Waals surface area (Å²) in [7, 11) is 0. The Morgan fingerprint density at radius 3 is 2.66 bits per heavy atom. The number of nitrogens with zero attached hydrogens (tertiary/aromatic N) is 2. The van der Waals surface area contributed by atoms with E-state index in [2.05, 4.69) is 22.4 Å². The van der Waals surface area contributed by atoms with E-state index in [9.17, 15) is 4.79 Å². The maximum Gasteiger partial charge on any atom is 0.322 e. The Labute approximate surface area is 167 Å². The van der Waals surface area contributed by atoms with E-state index in [1.165, 1.54) is 0 Å². The maximum atomic E-state index is 12.4. The van der Waals surface area contributed by atoms with Gasteiger partial charge in [-0.15, -0.1) is 5.10 Å². The fourth-order valence-corrected chi connectivity index (χ4v) is 2.77. The highest BCUT2D eigenvalue weighted by Crippen LogP contribution is 2.34. The number of fused-ring (bicyclic) bond motifs is 1. The molecule has 0 spiro atoms. The van der Waals surface area contributed by atoms with Crippen LogP contribution in [0.3, 0.4) is 0 Å². The zero-order valence-corrected chi connectivity index (χ0v) is 16.0. The summed E-state index contributed by atoms with van der Waals surface area (Å²) in [5.41, 5.74) is 1.14. The normalized spacial score (nSPS) is 12.4. The highest BCUT2D eigenvalue weighted by molar-refractivity contribution is 6.03. The third-order valence-electron chi connectivity index (χ3n) is 4.32. The topological polar surface area (TPSA) is 95.7 Å². The van der Waals surface area contributed by atoms with Gasteiger partial charge in [0.25, 0.3) is 5.91 Å². The molecule has 150 valence electrons. The Bertz CT molecular complexity index is 984. The summed E-state index contributed by atoms with van der Waals surface area (Å²) >= 11 is 0. The van der Waals surface area contributed by atoms with Crippen LogP contribution in [0.1, 0.15) is 30.1 Å². The van der Waals surface area contributed by atoms with E-state index in [4.69, 9.17) is 18.6 Å². The Morgan fingerprint density at radius 1 is 1.07 bits per heavy atom. The van der Waals surface area contributed by atoms with Crippen LogP contribution in [0.2, 0.25) is 0 Å². The van der Waals surface area contributed by atoms with Gasteiger partial charge in [0, 0.05) is 11.1 Å². The second-order valence-corrected chi connectivity index (χ2v) is 6.45. The van der Waals surface area contributed by atoms with Gasteiger partial charge in [0.05, 0.1) is 6.61 Å². The molecule has 0 saturated carbocycles. The van der Waals surface area contributed by atoms with Crippen molar-refractivity contribution >= 4 is 11.9 Å². The number of carbonyl (C=O) groups is 1. The lowest BCUT2D eigenvalue weighted by atomic mass is 10.2. The van der Waals surface area contributed by atoms with Crippen molar-refractivity contribution < 1.29 is 23.4 Å². The van der Waals surface area contributed by atoms with Gasteiger partial charge in [-0.2, -0.15) is 0 Å². The van der Waals surface area contributed by atoms with Crippen molar-refractivity contribution in [3.63, 3.8) is 0 Å². The van der Waals surface area contributed by atoms with Crippen molar-refractivity contribution in [1.29, 1.82) is 0 Å². The van der Waals surface area contributed by atoms with Gasteiger partial charge in [0.2, 0.25) is 5.89 Å². The van der Waals surface area contributed by atoms with Crippen LogP contribution >= 0.6 is 0 Å². The molecule has 0 bridgehead atoms. The molecule has 1 aliphatic rings. The molecule has 0 unspecified atom stereocenters. The largest absolute Gasteiger partial charge is 0.494 e. The van der Waals surface area contributed by atoms with Crippen molar-refractivity contribution in [3.05, 3.63) is 48.0 Å². The number of aromatic nitrogens is 2. The number of ether oxygens (including phenoxy) is 3. The van der Waals surface area contributed by atoms with Gasteiger partial charge in [-0.3, -0.25) is 10.1 Å². The molecule has 4 rings (SSSR count). The van der Waals surface area contributed by atoms with Gasteiger partial charge < -0.3 is 18.6 Å². The summed E-state index contributed by atoms with van der Waals surface area (Å²) in [5, 5.41) is 10.5. The fourth-order valence-electron chi connectivity index (χ4n) is 2.77. The molecule has 1 amide bonds. The first-order valence-electron chi connectivity index (χ1n) is 9.50. The number of nitrogens with one attached hydrogen (secondary N) is 1. The van der Waals surface area contributed by atoms with E-state index in [1.54, 1.807) is 42.5 Å². The number of anilines is 1.